The number of nitrogens with one attached hydrogen (secondary N) is 1. The third kappa shape index (κ3) is 8.18. The molecular weight excluding hydrogens is 763 g/mol. The molecule has 4 saturated carbocycles. The largest absolute Gasteiger partial charge is 0.497 e. The van der Waals surface area contributed by atoms with Crippen molar-refractivity contribution in [3.63, 3.8) is 0 Å². The van der Waals surface area contributed by atoms with Gasteiger partial charge in [0.15, 0.2) is 11.7 Å². The van der Waals surface area contributed by atoms with E-state index in [4.69, 9.17) is 14.2 Å². The van der Waals surface area contributed by atoms with E-state index in [9.17, 15) is 32.4 Å². The maximum atomic E-state index is 15.0. The summed E-state index contributed by atoms with van der Waals surface area (Å²) in [5.74, 6) is -1.79. The topological polar surface area (TPSA) is 167 Å². The highest BCUT2D eigenvalue weighted by molar-refractivity contribution is 7.90. The molecule has 3 heterocycles. The number of carbonyl (C=O) groups excluding carboxylic acids is 4. The summed E-state index contributed by atoms with van der Waals surface area (Å²) < 4.78 is 47.9. The first kappa shape index (κ1) is 40.6. The Morgan fingerprint density at radius 1 is 0.948 bits per heavy atom. The molecule has 0 unspecified atom stereocenters. The van der Waals surface area contributed by atoms with E-state index in [-0.39, 0.29) is 73.4 Å². The van der Waals surface area contributed by atoms with Crippen LogP contribution in [0.1, 0.15) is 109 Å². The molecule has 314 valence electrons. The van der Waals surface area contributed by atoms with Crippen LogP contribution in [0, 0.1) is 29.1 Å². The Bertz CT molecular complexity index is 2120. The number of benzene rings is 1. The Morgan fingerprint density at radius 2 is 1.69 bits per heavy atom. The van der Waals surface area contributed by atoms with Gasteiger partial charge in [-0.1, -0.05) is 31.8 Å². The third-order valence-electron chi connectivity index (χ3n) is 14.0. The van der Waals surface area contributed by atoms with E-state index in [0.717, 1.165) is 70.6 Å². The van der Waals surface area contributed by atoms with Gasteiger partial charge in [0.1, 0.15) is 18.0 Å². The summed E-state index contributed by atoms with van der Waals surface area (Å²) >= 11 is 0. The molecule has 1 aromatic carbocycles. The number of Topliss-reactive ketones (excluding diaryl/α,β-unsaturated/α-hetero) is 1. The average Bonchev–Trinajstić information content (AvgIpc) is 3.99. The molecule has 1 aromatic heterocycles. The lowest BCUT2D eigenvalue weighted by Crippen LogP contribution is -2.47. The Hall–Kier alpha value is -4.20. The van der Waals surface area contributed by atoms with Gasteiger partial charge in [0.2, 0.25) is 21.8 Å². The zero-order valence-corrected chi connectivity index (χ0v) is 34.3. The molecule has 13 nitrogen and oxygen atoms in total. The molecule has 14 heteroatoms. The van der Waals surface area contributed by atoms with E-state index in [1.54, 1.807) is 36.0 Å². The van der Waals surface area contributed by atoms with Crippen molar-refractivity contribution >= 4 is 44.4 Å². The molecule has 7 atom stereocenters. The lowest BCUT2D eigenvalue weighted by atomic mass is 9.86. The first-order valence-electron chi connectivity index (χ1n) is 21.5. The number of nitrogens with zero attached hydrogens (tertiary/aromatic N) is 2. The summed E-state index contributed by atoms with van der Waals surface area (Å²) in [4.78, 5) is 72.8. The van der Waals surface area contributed by atoms with Gasteiger partial charge in [-0.15, -0.1) is 6.58 Å². The van der Waals surface area contributed by atoms with Gasteiger partial charge in [-0.05, 0) is 106 Å². The highest BCUT2D eigenvalue weighted by Crippen LogP contribution is 2.57. The number of rotatable bonds is 9. The lowest BCUT2D eigenvalue weighted by Gasteiger charge is -2.31. The number of pyridine rings is 1. The van der Waals surface area contributed by atoms with Crippen molar-refractivity contribution in [2.45, 2.75) is 139 Å². The molecule has 8 rings (SSSR count). The van der Waals surface area contributed by atoms with E-state index >= 15 is 0 Å². The van der Waals surface area contributed by atoms with Gasteiger partial charge in [-0.2, -0.15) is 0 Å². The number of ether oxygens (including phenoxy) is 3. The van der Waals surface area contributed by atoms with Crippen LogP contribution >= 0.6 is 0 Å². The minimum Gasteiger partial charge on any atom is -0.497 e. The standard InChI is InChI=1S/C44H57N3O10S/c1-3-30-24-44(30,43(52)45-58(53,54)33-16-17-33)25-37(48)36-22-32-26-47(36)42(51)35(27-10-6-7-11-27)23-40(49)57-38-14-9-13-28(38)12-5-4-8-19-46-39(56-32)21-29-20-31(55-2)15-18-34(29)41(46)50/h3,15,18,20-21,27-28,30,32-33,35-36,38H,1,4-14,16-17,19,22-26H2,2H3,(H,45,52)/t28-,30-,32-,35+,36+,38-,44-/m1/s1. The van der Waals surface area contributed by atoms with Crippen LogP contribution in [0.5, 0.6) is 11.6 Å². The number of esters is 1. The van der Waals surface area contributed by atoms with Gasteiger partial charge in [-0.3, -0.25) is 33.3 Å². The lowest BCUT2D eigenvalue weighted by molar-refractivity contribution is -0.156. The maximum Gasteiger partial charge on any atom is 0.306 e. The summed E-state index contributed by atoms with van der Waals surface area (Å²) in [6.45, 7) is 4.29. The summed E-state index contributed by atoms with van der Waals surface area (Å²) in [5.41, 5.74) is -1.50. The maximum absolute atomic E-state index is 15.0. The van der Waals surface area contributed by atoms with E-state index in [1.165, 1.54) is 4.90 Å². The smallest absolute Gasteiger partial charge is 0.306 e. The monoisotopic (exact) mass is 819 g/mol. The van der Waals surface area contributed by atoms with Crippen molar-refractivity contribution in [2.24, 2.45) is 29.1 Å². The first-order chi connectivity index (χ1) is 27.9. The SMILES string of the molecule is C=C[C@@H]1C[C@]1(CC(=O)[C@@H]1C[C@@H]2CN1C(=O)[C@H](C1CCCC1)CC(=O)O[C@@H]1CCC[C@H]1CCCCCn1c(cc3cc(OC)ccc3c1=O)O2)C(=O)NS(=O)(=O)C1CC1. The molecule has 2 aromatic rings. The predicted molar refractivity (Wildman–Crippen MR) is 215 cm³/mol. The number of ketones is 1. The fourth-order valence-electron chi connectivity index (χ4n) is 10.4. The third-order valence-corrected chi connectivity index (χ3v) is 15.9. The molecule has 2 amide bonds. The van der Waals surface area contributed by atoms with Crippen molar-refractivity contribution in [3.8, 4) is 11.6 Å². The van der Waals surface area contributed by atoms with Crippen LogP contribution in [-0.4, -0.2) is 78.6 Å². The molecule has 0 radical (unpaired) electrons. The number of sulfonamides is 1. The van der Waals surface area contributed by atoms with Gasteiger partial charge in [0.25, 0.3) is 5.56 Å². The van der Waals surface area contributed by atoms with Gasteiger partial charge in [0, 0.05) is 30.8 Å². The fraction of sp³-hybridized carbons (Fsp3) is 0.659. The number of hydrogen-bond donors (Lipinski definition) is 1. The van der Waals surface area contributed by atoms with Crippen LogP contribution in [-0.2, 0) is 40.5 Å². The quantitative estimate of drug-likeness (QED) is 0.249. The van der Waals surface area contributed by atoms with Crippen molar-refractivity contribution in [1.29, 1.82) is 0 Å². The van der Waals surface area contributed by atoms with Crippen molar-refractivity contribution in [3.05, 3.63) is 47.3 Å². The van der Waals surface area contributed by atoms with E-state index in [0.29, 0.717) is 41.8 Å². The number of aromatic nitrogens is 1. The molecular formula is C44H57N3O10S. The Labute approximate surface area is 340 Å². The Kier molecular flexibility index (Phi) is 11.5. The zero-order valence-electron chi connectivity index (χ0n) is 33.5. The average molecular weight is 820 g/mol. The summed E-state index contributed by atoms with van der Waals surface area (Å²) in [7, 11) is -2.31. The van der Waals surface area contributed by atoms with E-state index < -0.39 is 50.6 Å². The van der Waals surface area contributed by atoms with Gasteiger partial charge >= 0.3 is 5.97 Å². The number of allylic oxidation sites excluding steroid dienone is 1. The van der Waals surface area contributed by atoms with Crippen LogP contribution in [0.2, 0.25) is 0 Å². The molecule has 58 heavy (non-hydrogen) atoms. The predicted octanol–water partition coefficient (Wildman–Crippen LogP) is 5.60. The highest BCUT2D eigenvalue weighted by atomic mass is 32.2. The van der Waals surface area contributed by atoms with Crippen LogP contribution in [0.15, 0.2) is 41.7 Å². The Morgan fingerprint density at radius 3 is 2.41 bits per heavy atom. The molecule has 1 saturated heterocycles. The number of methoxy groups -OCH3 is 1. The van der Waals surface area contributed by atoms with Gasteiger partial charge in [-0.25, -0.2) is 8.42 Å². The molecule has 1 N–H and O–H groups in total. The number of amides is 2. The summed E-state index contributed by atoms with van der Waals surface area (Å²) in [5, 5.41) is 0.550. The Balaban J connectivity index is 1.14. The van der Waals surface area contributed by atoms with Gasteiger partial charge < -0.3 is 19.1 Å². The minimum absolute atomic E-state index is 0.0304. The van der Waals surface area contributed by atoms with Crippen molar-refractivity contribution in [1.82, 2.24) is 14.2 Å². The molecule has 5 fully saturated rings. The summed E-state index contributed by atoms with van der Waals surface area (Å²) in [6.07, 6.45) is 11.3. The van der Waals surface area contributed by atoms with E-state index in [1.807, 2.05) is 6.07 Å². The number of carbonyl (C=O) groups is 4. The van der Waals surface area contributed by atoms with E-state index in [2.05, 4.69) is 11.3 Å². The zero-order chi connectivity index (χ0) is 40.8. The van der Waals surface area contributed by atoms with Crippen LogP contribution < -0.4 is 19.8 Å². The van der Waals surface area contributed by atoms with Crippen molar-refractivity contribution < 1.29 is 41.8 Å². The molecule has 6 aliphatic rings. The van der Waals surface area contributed by atoms with Crippen LogP contribution in [0.3, 0.4) is 0 Å². The molecule has 2 bridgehead atoms. The number of hydrogen-bond acceptors (Lipinski definition) is 10. The summed E-state index contributed by atoms with van der Waals surface area (Å²) in [6, 6.07) is 6.10. The normalized spacial score (nSPS) is 31.0. The van der Waals surface area contributed by atoms with Crippen LogP contribution in [0.25, 0.3) is 10.8 Å². The van der Waals surface area contributed by atoms with Gasteiger partial charge in [0.05, 0.1) is 42.7 Å². The second kappa shape index (κ2) is 16.5. The molecule has 2 aliphatic heterocycles. The second-order valence-corrected chi connectivity index (χ2v) is 19.8. The highest BCUT2D eigenvalue weighted by Gasteiger charge is 2.61. The van der Waals surface area contributed by atoms with Crippen LogP contribution in [0.4, 0.5) is 0 Å². The number of fused-ring (bicyclic) bond motifs is 5. The van der Waals surface area contributed by atoms with Crippen molar-refractivity contribution in [2.75, 3.05) is 13.7 Å². The second-order valence-electron chi connectivity index (χ2n) is 17.8. The fourth-order valence-corrected chi connectivity index (χ4v) is 11.8. The first-order valence-corrected chi connectivity index (χ1v) is 23.0. The molecule has 0 spiro atoms. The molecule has 4 aliphatic carbocycles. The minimum atomic E-state index is -3.87.